The largest absolute Gasteiger partial charge is 0.488 e. The van der Waals surface area contributed by atoms with E-state index in [0.29, 0.717) is 0 Å². The van der Waals surface area contributed by atoms with Crippen molar-refractivity contribution in [1.29, 1.82) is 0 Å². The number of piperidine rings is 1. The molecule has 2 aromatic rings. The molecule has 0 saturated carbocycles. The molecule has 116 valence electrons. The highest BCUT2D eigenvalue weighted by Crippen LogP contribution is 2.28. The van der Waals surface area contributed by atoms with Crippen molar-refractivity contribution >= 4 is 5.69 Å². The summed E-state index contributed by atoms with van der Waals surface area (Å²) in [5.74, 6) is 0.989. The Labute approximate surface area is 133 Å². The van der Waals surface area contributed by atoms with Gasteiger partial charge in [-0.25, -0.2) is 0 Å². The number of para-hydroxylation sites is 1. The van der Waals surface area contributed by atoms with E-state index in [1.54, 1.807) is 0 Å². The van der Waals surface area contributed by atoms with E-state index >= 15 is 0 Å². The molecule has 0 N–H and O–H groups in total. The third-order valence-corrected chi connectivity index (χ3v) is 4.75. The molecular formula is C20H26NO+. The van der Waals surface area contributed by atoms with E-state index in [9.17, 15) is 0 Å². The van der Waals surface area contributed by atoms with Crippen LogP contribution in [0.25, 0.3) is 0 Å². The normalized spacial score (nSPS) is 17.1. The van der Waals surface area contributed by atoms with Crippen LogP contribution in [0.4, 0.5) is 5.69 Å². The Hall–Kier alpha value is -1.80. The molecule has 0 bridgehead atoms. The fourth-order valence-corrected chi connectivity index (χ4v) is 3.52. The van der Waals surface area contributed by atoms with Crippen LogP contribution in [0.1, 0.15) is 24.8 Å². The third kappa shape index (κ3) is 3.50. The van der Waals surface area contributed by atoms with Crippen LogP contribution in [0.5, 0.6) is 5.75 Å². The van der Waals surface area contributed by atoms with Crippen LogP contribution in [0.15, 0.2) is 54.6 Å². The lowest BCUT2D eigenvalue weighted by Crippen LogP contribution is -2.54. The van der Waals surface area contributed by atoms with Crippen molar-refractivity contribution < 1.29 is 4.74 Å². The van der Waals surface area contributed by atoms with E-state index < -0.39 is 0 Å². The fraction of sp³-hybridized carbons (Fsp3) is 0.400. The van der Waals surface area contributed by atoms with Crippen molar-refractivity contribution in [2.75, 3.05) is 26.2 Å². The summed E-state index contributed by atoms with van der Waals surface area (Å²) in [5, 5.41) is 0. The van der Waals surface area contributed by atoms with E-state index in [0.717, 1.165) is 23.4 Å². The Morgan fingerprint density at radius 3 is 2.41 bits per heavy atom. The van der Waals surface area contributed by atoms with E-state index in [1.165, 1.54) is 43.6 Å². The summed E-state index contributed by atoms with van der Waals surface area (Å²) in [6.07, 6.45) is 4.00. The van der Waals surface area contributed by atoms with Gasteiger partial charge in [0, 0.05) is 0 Å². The number of benzene rings is 2. The predicted molar refractivity (Wildman–Crippen MR) is 93.4 cm³/mol. The molecule has 2 nitrogen and oxygen atoms in total. The number of hydrogen-bond donors (Lipinski definition) is 0. The maximum absolute atomic E-state index is 6.02. The standard InChI is InChI=1S/C20H26NO/c1-18-9-8-12-20(17-18)22-16-15-21(13-6-3-7-14-21)19-10-4-2-5-11-19/h2,4-5,8-12,17H,3,6-7,13-16H2,1H3/q+1. The Balaban J connectivity index is 1.68. The zero-order chi connectivity index (χ0) is 15.3. The second kappa shape index (κ2) is 6.97. The van der Waals surface area contributed by atoms with Gasteiger partial charge in [0.1, 0.15) is 24.6 Å². The average molecular weight is 296 g/mol. The minimum atomic E-state index is 0.776. The highest BCUT2D eigenvalue weighted by Gasteiger charge is 2.32. The lowest BCUT2D eigenvalue weighted by Gasteiger charge is -2.41. The monoisotopic (exact) mass is 296 g/mol. The number of ether oxygens (including phenoxy) is 1. The average Bonchev–Trinajstić information content (AvgIpc) is 2.57. The molecule has 0 amide bonds. The van der Waals surface area contributed by atoms with Gasteiger partial charge in [0.2, 0.25) is 0 Å². The molecule has 3 rings (SSSR count). The first-order chi connectivity index (χ1) is 10.8. The predicted octanol–water partition coefficient (Wildman–Crippen LogP) is 4.57. The van der Waals surface area contributed by atoms with Crippen molar-refractivity contribution in [1.82, 2.24) is 4.48 Å². The molecule has 0 atom stereocenters. The van der Waals surface area contributed by atoms with Crippen molar-refractivity contribution in [3.05, 3.63) is 60.2 Å². The lowest BCUT2D eigenvalue weighted by molar-refractivity contribution is 0.184. The maximum atomic E-state index is 6.02. The van der Waals surface area contributed by atoms with Gasteiger partial charge in [-0.1, -0.05) is 30.3 Å². The number of quaternary nitrogens is 1. The summed E-state index contributed by atoms with van der Waals surface area (Å²) in [4.78, 5) is 0. The third-order valence-electron chi connectivity index (χ3n) is 4.75. The topological polar surface area (TPSA) is 9.23 Å². The van der Waals surface area contributed by atoms with Crippen LogP contribution in [0, 0.1) is 6.92 Å². The Morgan fingerprint density at radius 2 is 1.68 bits per heavy atom. The van der Waals surface area contributed by atoms with Gasteiger partial charge >= 0.3 is 0 Å². The molecule has 0 unspecified atom stereocenters. The van der Waals surface area contributed by atoms with Crippen molar-refractivity contribution in [3.8, 4) is 5.75 Å². The van der Waals surface area contributed by atoms with E-state index in [2.05, 4.69) is 61.5 Å². The van der Waals surface area contributed by atoms with Gasteiger partial charge in [0.25, 0.3) is 0 Å². The zero-order valence-corrected chi connectivity index (χ0v) is 13.5. The van der Waals surface area contributed by atoms with Crippen LogP contribution in [-0.4, -0.2) is 26.2 Å². The molecule has 0 aromatic heterocycles. The summed E-state index contributed by atoms with van der Waals surface area (Å²) in [5.41, 5.74) is 2.69. The quantitative estimate of drug-likeness (QED) is 0.735. The van der Waals surface area contributed by atoms with Gasteiger partial charge in [-0.2, -0.15) is 0 Å². The highest BCUT2D eigenvalue weighted by molar-refractivity contribution is 5.42. The second-order valence-corrected chi connectivity index (χ2v) is 6.38. The number of nitrogens with zero attached hydrogens (tertiary/aromatic N) is 1. The van der Waals surface area contributed by atoms with Crippen LogP contribution < -0.4 is 9.22 Å². The Morgan fingerprint density at radius 1 is 0.909 bits per heavy atom. The molecule has 0 aliphatic carbocycles. The summed E-state index contributed by atoms with van der Waals surface area (Å²) in [7, 11) is 0. The van der Waals surface area contributed by atoms with Gasteiger partial charge in [0.05, 0.1) is 13.1 Å². The van der Waals surface area contributed by atoms with E-state index in [1.807, 2.05) is 0 Å². The molecular weight excluding hydrogens is 270 g/mol. The molecule has 1 heterocycles. The molecule has 1 aliphatic rings. The number of likely N-dealkylation sites (tertiary alicyclic amines) is 1. The van der Waals surface area contributed by atoms with Crippen LogP contribution in [0.3, 0.4) is 0 Å². The first kappa shape index (κ1) is 15.1. The first-order valence-corrected chi connectivity index (χ1v) is 8.40. The van der Waals surface area contributed by atoms with Crippen LogP contribution >= 0.6 is 0 Å². The van der Waals surface area contributed by atoms with Crippen LogP contribution in [-0.2, 0) is 0 Å². The van der Waals surface area contributed by atoms with Crippen LogP contribution in [0.2, 0.25) is 0 Å². The fourth-order valence-electron chi connectivity index (χ4n) is 3.52. The van der Waals surface area contributed by atoms with E-state index in [-0.39, 0.29) is 0 Å². The Bertz CT molecular complexity index is 588. The minimum absolute atomic E-state index is 0.776. The highest BCUT2D eigenvalue weighted by atomic mass is 16.5. The minimum Gasteiger partial charge on any atom is -0.488 e. The van der Waals surface area contributed by atoms with Crippen molar-refractivity contribution in [2.24, 2.45) is 0 Å². The molecule has 2 heteroatoms. The Kier molecular flexibility index (Phi) is 4.79. The maximum Gasteiger partial charge on any atom is 0.137 e. The number of aryl methyl sites for hydroxylation is 1. The van der Waals surface area contributed by atoms with Gasteiger partial charge in [0.15, 0.2) is 0 Å². The van der Waals surface area contributed by atoms with Crippen molar-refractivity contribution in [3.63, 3.8) is 0 Å². The van der Waals surface area contributed by atoms with E-state index in [4.69, 9.17) is 4.74 Å². The van der Waals surface area contributed by atoms with Gasteiger partial charge < -0.3 is 4.74 Å². The smallest absolute Gasteiger partial charge is 0.137 e. The SMILES string of the molecule is Cc1cccc(OCC[N+]2(c3ccccc3)CCCCC2)c1. The van der Waals surface area contributed by atoms with Gasteiger partial charge in [-0.15, -0.1) is 0 Å². The number of hydrogen-bond acceptors (Lipinski definition) is 1. The second-order valence-electron chi connectivity index (χ2n) is 6.38. The number of rotatable bonds is 5. The molecule has 1 fully saturated rings. The first-order valence-electron chi connectivity index (χ1n) is 8.40. The van der Waals surface area contributed by atoms with Crippen molar-refractivity contribution in [2.45, 2.75) is 26.2 Å². The summed E-state index contributed by atoms with van der Waals surface area (Å²) < 4.78 is 7.10. The molecule has 1 aliphatic heterocycles. The molecule has 22 heavy (non-hydrogen) atoms. The van der Waals surface area contributed by atoms with Gasteiger partial charge in [-0.05, 0) is 56.0 Å². The zero-order valence-electron chi connectivity index (χ0n) is 13.5. The molecule has 1 saturated heterocycles. The summed E-state index contributed by atoms with van der Waals surface area (Å²) in [6, 6.07) is 19.3. The van der Waals surface area contributed by atoms with Gasteiger partial charge in [-0.3, -0.25) is 4.48 Å². The molecule has 0 spiro atoms. The summed E-state index contributed by atoms with van der Waals surface area (Å²) in [6.45, 7) is 6.41. The molecule has 2 aromatic carbocycles. The molecule has 0 radical (unpaired) electrons. The summed E-state index contributed by atoms with van der Waals surface area (Å²) >= 11 is 0. The lowest BCUT2D eigenvalue weighted by atomic mass is 10.1.